The lowest BCUT2D eigenvalue weighted by molar-refractivity contribution is -0.153. The Morgan fingerprint density at radius 1 is 1.36 bits per heavy atom. The Kier molecular flexibility index (Phi) is 5.36. The smallest absolute Gasteiger partial charge is 0.307 e. The zero-order chi connectivity index (χ0) is 16.1. The minimum Gasteiger partial charge on any atom is -0.453 e. The highest BCUT2D eigenvalue weighted by molar-refractivity contribution is 5.95. The van der Waals surface area contributed by atoms with E-state index in [1.165, 1.54) is 0 Å². The van der Waals surface area contributed by atoms with Gasteiger partial charge >= 0.3 is 5.97 Å². The molecule has 0 radical (unpaired) electrons. The van der Waals surface area contributed by atoms with Crippen LogP contribution in [0.1, 0.15) is 37.3 Å². The molecule has 0 aromatic heterocycles. The largest absolute Gasteiger partial charge is 0.453 e. The van der Waals surface area contributed by atoms with Crippen molar-refractivity contribution in [1.29, 1.82) is 0 Å². The van der Waals surface area contributed by atoms with E-state index in [2.05, 4.69) is 11.4 Å². The van der Waals surface area contributed by atoms with Crippen LogP contribution in [0.2, 0.25) is 0 Å². The fourth-order valence-corrected chi connectivity index (χ4v) is 2.57. The van der Waals surface area contributed by atoms with Gasteiger partial charge in [0.1, 0.15) is 0 Å². The van der Waals surface area contributed by atoms with Gasteiger partial charge in [-0.05, 0) is 51.2 Å². The maximum Gasteiger partial charge on any atom is 0.307 e. The zero-order valence-corrected chi connectivity index (χ0v) is 13.4. The van der Waals surface area contributed by atoms with E-state index in [-0.39, 0.29) is 17.8 Å². The molecule has 1 aliphatic carbocycles. The molecule has 1 N–H and O–H groups in total. The predicted octanol–water partition coefficient (Wildman–Crippen LogP) is 3.53. The lowest BCUT2D eigenvalue weighted by Gasteiger charge is -2.16. The molecule has 118 valence electrons. The number of benzene rings is 1. The van der Waals surface area contributed by atoms with Crippen molar-refractivity contribution < 1.29 is 14.3 Å². The van der Waals surface area contributed by atoms with Crippen LogP contribution in [0, 0.1) is 19.8 Å². The number of nitrogens with one attached hydrogen (secondary N) is 1. The second kappa shape index (κ2) is 7.25. The van der Waals surface area contributed by atoms with Crippen LogP contribution < -0.4 is 5.32 Å². The molecule has 0 aliphatic heterocycles. The summed E-state index contributed by atoms with van der Waals surface area (Å²) in [5.41, 5.74) is 2.87. The number of carbonyl (C=O) groups excluding carboxylic acids is 2. The molecule has 22 heavy (non-hydrogen) atoms. The normalized spacial score (nSPS) is 18.0. The fraction of sp³-hybridized carbons (Fsp3) is 0.444. The number of ether oxygens (including phenoxy) is 1. The van der Waals surface area contributed by atoms with E-state index in [1.807, 2.05) is 38.1 Å². The lowest BCUT2D eigenvalue weighted by Crippen LogP contribution is -2.30. The number of allylic oxidation sites excluding steroid dienone is 2. The predicted molar refractivity (Wildman–Crippen MR) is 86.6 cm³/mol. The molecule has 0 fully saturated rings. The van der Waals surface area contributed by atoms with Crippen molar-refractivity contribution in [2.24, 2.45) is 5.92 Å². The summed E-state index contributed by atoms with van der Waals surface area (Å²) in [6.07, 6.45) is 5.67. The van der Waals surface area contributed by atoms with E-state index in [9.17, 15) is 9.59 Å². The van der Waals surface area contributed by atoms with E-state index in [0.717, 1.165) is 29.7 Å². The van der Waals surface area contributed by atoms with Crippen LogP contribution in [0.5, 0.6) is 0 Å². The number of hydrogen-bond donors (Lipinski definition) is 1. The van der Waals surface area contributed by atoms with Gasteiger partial charge < -0.3 is 10.1 Å². The maximum absolute atomic E-state index is 12.1. The van der Waals surface area contributed by atoms with Crippen molar-refractivity contribution in [3.8, 4) is 0 Å². The van der Waals surface area contributed by atoms with E-state index in [1.54, 1.807) is 6.92 Å². The van der Waals surface area contributed by atoms with Crippen LogP contribution in [0.4, 0.5) is 5.69 Å². The number of rotatable bonds is 5. The van der Waals surface area contributed by atoms with Crippen LogP contribution in [0.25, 0.3) is 0 Å². The van der Waals surface area contributed by atoms with E-state index < -0.39 is 6.10 Å². The third kappa shape index (κ3) is 4.45. The molecular weight excluding hydrogens is 278 g/mol. The Morgan fingerprint density at radius 2 is 2.14 bits per heavy atom. The highest BCUT2D eigenvalue weighted by atomic mass is 16.5. The van der Waals surface area contributed by atoms with Crippen LogP contribution in [0.3, 0.4) is 0 Å². The van der Waals surface area contributed by atoms with Gasteiger partial charge in [-0.15, -0.1) is 0 Å². The van der Waals surface area contributed by atoms with E-state index in [0.29, 0.717) is 6.42 Å². The van der Waals surface area contributed by atoms with Crippen molar-refractivity contribution in [2.75, 3.05) is 5.32 Å². The van der Waals surface area contributed by atoms with Gasteiger partial charge in [0.2, 0.25) is 0 Å². The number of carbonyl (C=O) groups is 2. The second-order valence-electron chi connectivity index (χ2n) is 5.91. The van der Waals surface area contributed by atoms with Gasteiger partial charge in [0.15, 0.2) is 6.10 Å². The third-order valence-corrected chi connectivity index (χ3v) is 3.86. The number of amides is 1. The van der Waals surface area contributed by atoms with Gasteiger partial charge in [0.25, 0.3) is 5.91 Å². The molecule has 4 heteroatoms. The summed E-state index contributed by atoms with van der Waals surface area (Å²) in [6.45, 7) is 5.54. The highest BCUT2D eigenvalue weighted by Gasteiger charge is 2.21. The molecule has 1 aromatic rings. The van der Waals surface area contributed by atoms with Crippen molar-refractivity contribution in [3.63, 3.8) is 0 Å². The van der Waals surface area contributed by atoms with Gasteiger partial charge in [-0.1, -0.05) is 29.8 Å². The monoisotopic (exact) mass is 301 g/mol. The first-order chi connectivity index (χ1) is 10.5. The number of aryl methyl sites for hydroxylation is 2. The molecule has 0 spiro atoms. The molecule has 4 nitrogen and oxygen atoms in total. The van der Waals surface area contributed by atoms with Crippen LogP contribution >= 0.6 is 0 Å². The molecular formula is C18H23NO3. The van der Waals surface area contributed by atoms with Gasteiger partial charge in [0.05, 0.1) is 6.42 Å². The first-order valence-corrected chi connectivity index (χ1v) is 7.70. The SMILES string of the molecule is Cc1ccc(NC(=O)[C@H](C)OC(=O)C[C@@H]2C=CCC2)c(C)c1. The average Bonchev–Trinajstić information content (AvgIpc) is 2.94. The highest BCUT2D eigenvalue weighted by Crippen LogP contribution is 2.21. The number of anilines is 1. The van der Waals surface area contributed by atoms with Gasteiger partial charge in [-0.25, -0.2) is 0 Å². The summed E-state index contributed by atoms with van der Waals surface area (Å²) in [5.74, 6) is -0.371. The summed E-state index contributed by atoms with van der Waals surface area (Å²) < 4.78 is 5.23. The summed E-state index contributed by atoms with van der Waals surface area (Å²) in [5, 5.41) is 2.81. The Labute approximate surface area is 131 Å². The number of hydrogen-bond acceptors (Lipinski definition) is 3. The van der Waals surface area contributed by atoms with Crippen molar-refractivity contribution in [3.05, 3.63) is 41.5 Å². The maximum atomic E-state index is 12.1. The zero-order valence-electron chi connectivity index (χ0n) is 13.4. The minimum absolute atomic E-state index is 0.252. The van der Waals surface area contributed by atoms with Crippen molar-refractivity contribution >= 4 is 17.6 Å². The molecule has 1 aliphatic rings. The molecule has 0 heterocycles. The summed E-state index contributed by atoms with van der Waals surface area (Å²) in [4.78, 5) is 24.0. The van der Waals surface area contributed by atoms with Gasteiger partial charge in [0, 0.05) is 5.69 Å². The Hall–Kier alpha value is -2.10. The molecule has 0 bridgehead atoms. The summed E-state index contributed by atoms with van der Waals surface area (Å²) >= 11 is 0. The molecule has 2 atom stereocenters. The molecule has 0 saturated carbocycles. The Morgan fingerprint density at radius 3 is 2.77 bits per heavy atom. The molecule has 0 saturated heterocycles. The van der Waals surface area contributed by atoms with Gasteiger partial charge in [-0.2, -0.15) is 0 Å². The lowest BCUT2D eigenvalue weighted by atomic mass is 10.1. The first kappa shape index (κ1) is 16.3. The van der Waals surface area contributed by atoms with Crippen LogP contribution in [-0.4, -0.2) is 18.0 Å². The molecule has 1 aromatic carbocycles. The second-order valence-corrected chi connectivity index (χ2v) is 5.91. The Balaban J connectivity index is 1.85. The van der Waals surface area contributed by atoms with Crippen molar-refractivity contribution in [1.82, 2.24) is 0 Å². The first-order valence-electron chi connectivity index (χ1n) is 7.70. The van der Waals surface area contributed by atoms with Gasteiger partial charge in [-0.3, -0.25) is 9.59 Å². The molecule has 0 unspecified atom stereocenters. The topological polar surface area (TPSA) is 55.4 Å². The fourth-order valence-electron chi connectivity index (χ4n) is 2.57. The summed E-state index contributed by atoms with van der Waals surface area (Å²) in [7, 11) is 0. The van der Waals surface area contributed by atoms with Crippen LogP contribution in [-0.2, 0) is 14.3 Å². The summed E-state index contributed by atoms with van der Waals surface area (Å²) in [6, 6.07) is 5.80. The third-order valence-electron chi connectivity index (χ3n) is 3.86. The average molecular weight is 301 g/mol. The molecule has 1 amide bonds. The standard InChI is InChI=1S/C18H23NO3/c1-12-8-9-16(13(2)10-12)19-18(21)14(3)22-17(20)11-15-6-4-5-7-15/h4,6,8-10,14-15H,5,7,11H2,1-3H3,(H,19,21)/t14-,15+/m0/s1. The van der Waals surface area contributed by atoms with E-state index in [4.69, 9.17) is 4.74 Å². The Bertz CT molecular complexity index is 592. The van der Waals surface area contributed by atoms with Crippen LogP contribution in [0.15, 0.2) is 30.4 Å². The quantitative estimate of drug-likeness (QED) is 0.668. The molecule has 2 rings (SSSR count). The van der Waals surface area contributed by atoms with E-state index >= 15 is 0 Å². The van der Waals surface area contributed by atoms with Crippen molar-refractivity contribution in [2.45, 2.75) is 46.1 Å². The number of esters is 1. The minimum atomic E-state index is -0.793.